The Labute approximate surface area is 147 Å². The van der Waals surface area contributed by atoms with Crippen LogP contribution in [0.1, 0.15) is 5.82 Å². The van der Waals surface area contributed by atoms with Crippen molar-refractivity contribution in [3.05, 3.63) is 30.5 Å². The highest BCUT2D eigenvalue weighted by Gasteiger charge is 2.21. The van der Waals surface area contributed by atoms with Gasteiger partial charge in [-0.2, -0.15) is 5.26 Å². The number of rotatable bonds is 5. The van der Waals surface area contributed by atoms with E-state index in [4.69, 9.17) is 15.4 Å². The first-order valence-electron chi connectivity index (χ1n) is 7.75. The van der Waals surface area contributed by atoms with E-state index in [2.05, 4.69) is 26.0 Å². The van der Waals surface area contributed by atoms with Gasteiger partial charge in [-0.1, -0.05) is 0 Å². The summed E-state index contributed by atoms with van der Waals surface area (Å²) >= 11 is 0. The van der Waals surface area contributed by atoms with E-state index in [0.29, 0.717) is 42.7 Å². The highest BCUT2D eigenvalue weighted by atomic mass is 19.3. The van der Waals surface area contributed by atoms with Crippen molar-refractivity contribution in [3.63, 3.8) is 0 Å². The average Bonchev–Trinajstić information content (AvgIpc) is 3.15. The Morgan fingerprint density at radius 3 is 3.08 bits per heavy atom. The lowest BCUT2D eigenvalue weighted by Gasteiger charge is -2.30. The topological polar surface area (TPSA) is 115 Å². The molecule has 26 heavy (non-hydrogen) atoms. The molecule has 10 heteroatoms. The number of anilines is 1. The monoisotopic (exact) mass is 359 g/mol. The van der Waals surface area contributed by atoms with Crippen LogP contribution < -0.4 is 4.90 Å². The molecule has 0 spiro atoms. The molecule has 1 atom stereocenters. The lowest BCUT2D eigenvalue weighted by molar-refractivity contribution is 0.0761. The van der Waals surface area contributed by atoms with Crippen molar-refractivity contribution in [1.82, 2.24) is 19.9 Å². The maximum atomic E-state index is 12.3. The molecule has 1 aliphatic rings. The third kappa shape index (κ3) is 4.07. The number of allylic oxidation sites excluding steroid dienone is 1. The third-order valence-corrected chi connectivity index (χ3v) is 3.71. The van der Waals surface area contributed by atoms with Crippen LogP contribution in [0.4, 0.5) is 14.6 Å². The molecule has 2 N–H and O–H groups in total. The summed E-state index contributed by atoms with van der Waals surface area (Å²) < 4.78 is 30.0. The number of ether oxygens (including phenoxy) is 1. The smallest absolute Gasteiger partial charge is 0.279 e. The number of alkyl halides is 2. The molecule has 1 unspecified atom stereocenters. The minimum absolute atomic E-state index is 0.335. The van der Waals surface area contributed by atoms with Crippen molar-refractivity contribution >= 4 is 17.6 Å². The first-order valence-corrected chi connectivity index (χ1v) is 7.75. The van der Waals surface area contributed by atoms with E-state index in [-0.39, 0.29) is 0 Å². The molecule has 134 valence electrons. The van der Waals surface area contributed by atoms with Crippen molar-refractivity contribution in [2.45, 2.75) is 12.5 Å². The molecule has 3 heterocycles. The van der Waals surface area contributed by atoms with Crippen molar-refractivity contribution in [2.75, 3.05) is 24.6 Å². The number of aromatic nitrogens is 4. The number of hydrogen-bond donors (Lipinski definition) is 2. The number of hydrogen-bond acceptors (Lipinski definition) is 7. The summed E-state index contributed by atoms with van der Waals surface area (Å²) in [7, 11) is 0. The summed E-state index contributed by atoms with van der Waals surface area (Å²) in [5, 5.41) is 16.1. The molecule has 0 aromatic carbocycles. The molecule has 1 saturated heterocycles. The van der Waals surface area contributed by atoms with Crippen LogP contribution in [-0.2, 0) is 4.74 Å². The van der Waals surface area contributed by atoms with Crippen molar-refractivity contribution in [1.29, 1.82) is 10.7 Å². The van der Waals surface area contributed by atoms with Crippen LogP contribution in [0, 0.1) is 16.7 Å². The maximum absolute atomic E-state index is 12.3. The van der Waals surface area contributed by atoms with Crippen molar-refractivity contribution in [3.8, 4) is 17.5 Å². The number of nitrogens with one attached hydrogen (secondary N) is 2. The van der Waals surface area contributed by atoms with E-state index >= 15 is 0 Å². The number of nitrogens with zero attached hydrogens (tertiary/aromatic N) is 5. The molecule has 0 aliphatic carbocycles. The Hall–Kier alpha value is -3.19. The number of nitriles is 1. The quantitative estimate of drug-likeness (QED) is 0.788. The van der Waals surface area contributed by atoms with Crippen molar-refractivity contribution < 1.29 is 13.5 Å². The number of morpholine rings is 1. The predicted octanol–water partition coefficient (Wildman–Crippen LogP) is 1.89. The van der Waals surface area contributed by atoms with Gasteiger partial charge in [0.25, 0.3) is 6.43 Å². The summed E-state index contributed by atoms with van der Waals surface area (Å²) in [5.41, 5.74) is 0.375. The average molecular weight is 359 g/mol. The molecular weight excluding hydrogens is 344 g/mol. The Balaban J connectivity index is 1.76. The van der Waals surface area contributed by atoms with Crippen LogP contribution >= 0.6 is 0 Å². The molecular formula is C16H15F2N7O. The molecule has 1 fully saturated rings. The standard InChI is InChI=1S/C16H15F2N7O/c17-16(18)11(20)1-2-14-21-7-13(24-14)12-5-15(23-9-22-12)25-3-4-26-10(6-19)8-25/h1-2,5,7,9-10,16,20H,3-4,8H2,(H,21,24)/b2-1-,20-11?. The van der Waals surface area contributed by atoms with Gasteiger partial charge < -0.3 is 14.6 Å². The largest absolute Gasteiger partial charge is 0.360 e. The Morgan fingerprint density at radius 2 is 2.31 bits per heavy atom. The van der Waals surface area contributed by atoms with E-state index in [1.807, 2.05) is 4.90 Å². The van der Waals surface area contributed by atoms with Gasteiger partial charge >= 0.3 is 0 Å². The molecule has 2 aromatic rings. The molecule has 2 aromatic heterocycles. The van der Waals surface area contributed by atoms with E-state index < -0.39 is 18.2 Å². The van der Waals surface area contributed by atoms with Gasteiger partial charge in [-0.05, 0) is 12.2 Å². The fourth-order valence-corrected chi connectivity index (χ4v) is 2.40. The van der Waals surface area contributed by atoms with E-state index in [0.717, 1.165) is 6.08 Å². The van der Waals surface area contributed by atoms with E-state index in [9.17, 15) is 8.78 Å². The molecule has 0 saturated carbocycles. The number of halogens is 2. The summed E-state index contributed by atoms with van der Waals surface area (Å²) in [6, 6.07) is 3.83. The molecule has 0 bridgehead atoms. The van der Waals surface area contributed by atoms with Crippen molar-refractivity contribution in [2.24, 2.45) is 0 Å². The van der Waals surface area contributed by atoms with E-state index in [1.54, 1.807) is 6.07 Å². The highest BCUT2D eigenvalue weighted by molar-refractivity contribution is 5.97. The summed E-state index contributed by atoms with van der Waals surface area (Å²) in [6.45, 7) is 1.47. The summed E-state index contributed by atoms with van der Waals surface area (Å²) in [4.78, 5) is 17.4. The second-order valence-corrected chi connectivity index (χ2v) is 5.47. The Bertz CT molecular complexity index is 858. The third-order valence-electron chi connectivity index (χ3n) is 3.71. The summed E-state index contributed by atoms with van der Waals surface area (Å²) in [5.74, 6) is 0.992. The van der Waals surface area contributed by atoms with Gasteiger partial charge in [-0.25, -0.2) is 23.7 Å². The lowest BCUT2D eigenvalue weighted by Crippen LogP contribution is -2.42. The zero-order chi connectivity index (χ0) is 18.5. The van der Waals surface area contributed by atoms with Gasteiger partial charge in [0.05, 0.1) is 42.5 Å². The summed E-state index contributed by atoms with van der Waals surface area (Å²) in [6.07, 6.45) is 1.90. The Morgan fingerprint density at radius 1 is 1.46 bits per heavy atom. The minimum Gasteiger partial charge on any atom is -0.360 e. The fourth-order valence-electron chi connectivity index (χ4n) is 2.40. The first kappa shape index (κ1) is 17.6. The number of H-pyrrole nitrogens is 1. The second kappa shape index (κ2) is 7.79. The first-order chi connectivity index (χ1) is 12.6. The van der Waals surface area contributed by atoms with Gasteiger partial charge in [0.2, 0.25) is 0 Å². The minimum atomic E-state index is -2.82. The molecule has 0 amide bonds. The maximum Gasteiger partial charge on any atom is 0.279 e. The van der Waals surface area contributed by atoms with Gasteiger partial charge in [-0.15, -0.1) is 0 Å². The Kier molecular flexibility index (Phi) is 5.28. The zero-order valence-electron chi connectivity index (χ0n) is 13.6. The highest BCUT2D eigenvalue weighted by Crippen LogP contribution is 2.21. The number of aromatic amines is 1. The fraction of sp³-hybridized carbons (Fsp3) is 0.312. The lowest BCUT2D eigenvalue weighted by atomic mass is 10.2. The van der Waals surface area contributed by atoms with E-state index in [1.165, 1.54) is 18.6 Å². The normalized spacial score (nSPS) is 17.6. The van der Waals surface area contributed by atoms with Gasteiger partial charge in [-0.3, -0.25) is 5.41 Å². The predicted molar refractivity (Wildman–Crippen MR) is 89.9 cm³/mol. The second-order valence-electron chi connectivity index (χ2n) is 5.47. The van der Waals surface area contributed by atoms with Gasteiger partial charge in [0, 0.05) is 12.6 Å². The number of imidazole rings is 1. The van der Waals surface area contributed by atoms with Gasteiger partial charge in [0.1, 0.15) is 18.0 Å². The molecule has 8 nitrogen and oxygen atoms in total. The van der Waals surface area contributed by atoms with Crippen LogP contribution in [0.3, 0.4) is 0 Å². The zero-order valence-corrected chi connectivity index (χ0v) is 13.6. The van der Waals surface area contributed by atoms with Crippen LogP contribution in [-0.4, -0.2) is 57.9 Å². The van der Waals surface area contributed by atoms with Crippen LogP contribution in [0.5, 0.6) is 0 Å². The molecule has 3 rings (SSSR count). The van der Waals surface area contributed by atoms with Crippen LogP contribution in [0.2, 0.25) is 0 Å². The SMILES string of the molecule is N#CC1CN(c2cc(-c3cnc(/C=C\C(=N)C(F)F)[nH]3)ncn2)CCO1. The van der Waals surface area contributed by atoms with Crippen LogP contribution in [0.15, 0.2) is 24.7 Å². The van der Waals surface area contributed by atoms with Crippen LogP contribution in [0.25, 0.3) is 17.5 Å². The van der Waals surface area contributed by atoms with Gasteiger partial charge in [0.15, 0.2) is 6.10 Å². The molecule has 0 radical (unpaired) electrons. The molecule has 1 aliphatic heterocycles.